The number of nitrogens with zero attached hydrogens (tertiary/aromatic N) is 1. The van der Waals surface area contributed by atoms with Gasteiger partial charge in [0, 0.05) is 25.1 Å². The Labute approximate surface area is 274 Å². The number of carbonyl (C=O) groups is 2. The fourth-order valence-electron chi connectivity index (χ4n) is 13.3. The Morgan fingerprint density at radius 1 is 1.07 bits per heavy atom. The van der Waals surface area contributed by atoms with Gasteiger partial charge in [0.15, 0.2) is 0 Å². The molecule has 0 aromatic rings. The maximum atomic E-state index is 13.0. The summed E-state index contributed by atoms with van der Waals surface area (Å²) in [4.78, 5) is 25.8. The molecule has 5 saturated carbocycles. The lowest BCUT2D eigenvalue weighted by Crippen LogP contribution is -2.70. The van der Waals surface area contributed by atoms with E-state index < -0.39 is 41.3 Å². The average molecular weight is 647 g/mol. The number of carbonyl (C=O) groups excluding carboxylic acids is 1. The molecule has 10 nitrogen and oxygen atoms in total. The number of fused-ring (bicyclic) bond motifs is 4. The summed E-state index contributed by atoms with van der Waals surface area (Å²) in [6.07, 6.45) is 5.04. The Morgan fingerprint density at radius 2 is 1.72 bits per heavy atom. The van der Waals surface area contributed by atoms with Gasteiger partial charge in [0.1, 0.15) is 12.2 Å². The van der Waals surface area contributed by atoms with Crippen molar-refractivity contribution in [2.24, 2.45) is 57.0 Å². The van der Waals surface area contributed by atoms with Crippen molar-refractivity contribution in [2.75, 3.05) is 19.7 Å². The molecule has 0 bridgehead atoms. The van der Waals surface area contributed by atoms with Gasteiger partial charge in [-0.2, -0.15) is 0 Å². The highest BCUT2D eigenvalue weighted by atomic mass is 16.6. The predicted molar refractivity (Wildman–Crippen MR) is 170 cm³/mol. The van der Waals surface area contributed by atoms with Crippen molar-refractivity contribution in [2.45, 2.75) is 141 Å². The maximum absolute atomic E-state index is 13.0. The van der Waals surface area contributed by atoms with Crippen molar-refractivity contribution in [1.82, 2.24) is 4.90 Å². The van der Waals surface area contributed by atoms with Gasteiger partial charge in [0.2, 0.25) is 0 Å². The van der Waals surface area contributed by atoms with E-state index in [1.54, 1.807) is 13.8 Å². The third kappa shape index (κ3) is 4.12. The quantitative estimate of drug-likeness (QED) is 0.333. The summed E-state index contributed by atoms with van der Waals surface area (Å²) in [6.45, 7) is 15.5. The zero-order chi connectivity index (χ0) is 33.4. The van der Waals surface area contributed by atoms with Crippen LogP contribution in [-0.2, 0) is 19.0 Å². The number of ether oxygens (including phenoxy) is 3. The molecule has 0 aromatic heterocycles. The molecule has 2 aliphatic heterocycles. The first-order valence-electron chi connectivity index (χ1n) is 18.0. The molecule has 5 aliphatic carbocycles. The highest BCUT2D eigenvalue weighted by molar-refractivity contribution is 5.76. The van der Waals surface area contributed by atoms with Crippen LogP contribution < -0.4 is 5.73 Å². The molecule has 10 heteroatoms. The molecule has 1 amide bonds. The summed E-state index contributed by atoms with van der Waals surface area (Å²) in [7, 11) is 0. The minimum absolute atomic E-state index is 0.0701. The van der Waals surface area contributed by atoms with Gasteiger partial charge in [-0.05, 0) is 112 Å². The van der Waals surface area contributed by atoms with Crippen molar-refractivity contribution in [3.05, 3.63) is 0 Å². The number of hydrogen-bond donors (Lipinski definition) is 4. The number of aliphatic hydroxyl groups excluding tert-OH is 1. The second-order valence-electron chi connectivity index (χ2n) is 18.0. The zero-order valence-corrected chi connectivity index (χ0v) is 29.0. The number of carboxylic acid groups (broad SMARTS) is 1. The van der Waals surface area contributed by atoms with Crippen LogP contribution in [0.15, 0.2) is 0 Å². The van der Waals surface area contributed by atoms with E-state index in [1.807, 2.05) is 6.92 Å². The maximum Gasteiger partial charge on any atom is 0.410 e. The molecule has 0 radical (unpaired) electrons. The molecule has 5 N–H and O–H groups in total. The van der Waals surface area contributed by atoms with Gasteiger partial charge in [0.05, 0.1) is 35.4 Å². The number of aliphatic carboxylic acids is 1. The Kier molecular flexibility index (Phi) is 7.39. The average Bonchev–Trinajstić information content (AvgIpc) is 3.56. The Hall–Kier alpha value is -1.46. The summed E-state index contributed by atoms with van der Waals surface area (Å²) in [5, 5.41) is 32.6. The van der Waals surface area contributed by atoms with E-state index in [-0.39, 0.29) is 70.8 Å². The largest absolute Gasteiger partial charge is 0.481 e. The fourth-order valence-corrected chi connectivity index (χ4v) is 13.3. The summed E-state index contributed by atoms with van der Waals surface area (Å²) in [6, 6.07) is 0. The van der Waals surface area contributed by atoms with E-state index in [0.29, 0.717) is 12.5 Å². The number of aliphatic hydroxyl groups is 2. The van der Waals surface area contributed by atoms with Gasteiger partial charge in [0.25, 0.3) is 0 Å². The molecule has 2 saturated heterocycles. The van der Waals surface area contributed by atoms with Crippen molar-refractivity contribution in [3.63, 3.8) is 0 Å². The number of nitrogens with two attached hydrogens (primary N) is 1. The molecule has 260 valence electrons. The standard InChI is InChI=1S/C36H58N2O8/c1-8-44-28(32(5,6)43)21-15-19(2)25-26(45-21)27(39)36(37)23-10-9-22-31(3,4)24(46-30(42)38-16-20(17-38)29(40)41)11-12-34(22)18-35(23,34)14-13-33(25,36)7/h19-28,39,43H,8-18,37H2,1-7H3,(H,40,41)/t19-,21-,22+,23-,24+,25+,26+,27+,28+,33-,34?,35?,36+/m1/s1. The van der Waals surface area contributed by atoms with Gasteiger partial charge in [-0.3, -0.25) is 4.79 Å². The van der Waals surface area contributed by atoms with Gasteiger partial charge in [-0.1, -0.05) is 27.7 Å². The number of amides is 1. The second kappa shape index (κ2) is 10.3. The van der Waals surface area contributed by atoms with Crippen molar-refractivity contribution in [1.29, 1.82) is 0 Å². The molecule has 2 unspecified atom stereocenters. The lowest BCUT2D eigenvalue weighted by Gasteiger charge is -2.63. The van der Waals surface area contributed by atoms with E-state index in [4.69, 9.17) is 19.9 Å². The molecule has 7 rings (SSSR count). The fraction of sp³-hybridized carbons (Fsp3) is 0.944. The lowest BCUT2D eigenvalue weighted by molar-refractivity contribution is -0.214. The Balaban J connectivity index is 1.12. The molecule has 2 heterocycles. The number of rotatable bonds is 6. The van der Waals surface area contributed by atoms with E-state index in [2.05, 4.69) is 27.7 Å². The topological polar surface area (TPSA) is 152 Å². The lowest BCUT2D eigenvalue weighted by atomic mass is 9.43. The molecule has 2 spiro atoms. The molecule has 7 aliphatic rings. The number of carboxylic acids is 1. The molecule has 13 atom stereocenters. The summed E-state index contributed by atoms with van der Waals surface area (Å²) in [5.74, 6) is -0.398. The first-order chi connectivity index (χ1) is 21.4. The Bertz CT molecular complexity index is 1260. The second-order valence-corrected chi connectivity index (χ2v) is 18.0. The van der Waals surface area contributed by atoms with E-state index in [1.165, 1.54) is 4.90 Å². The van der Waals surface area contributed by atoms with E-state index in [0.717, 1.165) is 51.4 Å². The van der Waals surface area contributed by atoms with Gasteiger partial charge < -0.3 is 40.2 Å². The highest BCUT2D eigenvalue weighted by Crippen LogP contribution is 2.87. The van der Waals surface area contributed by atoms with Crippen LogP contribution in [0.5, 0.6) is 0 Å². The summed E-state index contributed by atoms with van der Waals surface area (Å²) >= 11 is 0. The van der Waals surface area contributed by atoms with Crippen LogP contribution in [-0.4, -0.2) is 93.6 Å². The molecule has 46 heavy (non-hydrogen) atoms. The van der Waals surface area contributed by atoms with Gasteiger partial charge in [-0.15, -0.1) is 0 Å². The van der Waals surface area contributed by atoms with E-state index in [9.17, 15) is 24.9 Å². The first-order valence-corrected chi connectivity index (χ1v) is 18.0. The van der Waals surface area contributed by atoms with E-state index >= 15 is 0 Å². The van der Waals surface area contributed by atoms with Crippen LogP contribution in [0.1, 0.15) is 99.8 Å². The summed E-state index contributed by atoms with van der Waals surface area (Å²) < 4.78 is 19.0. The monoisotopic (exact) mass is 646 g/mol. The SMILES string of the molecule is CCO[C@@H]([C@H]1C[C@@H](C)[C@H]2[C@H](O1)[C@H](O)[C@@]1(N)[C@@H]3CC[C@H]4C(C)(C)[C@@H](OC(=O)N5CC(C(=O)O)C5)CCC45CC35CC[C@]21C)C(C)(C)O. The van der Waals surface area contributed by atoms with Crippen LogP contribution >= 0.6 is 0 Å². The van der Waals surface area contributed by atoms with Crippen LogP contribution in [0.25, 0.3) is 0 Å². The van der Waals surface area contributed by atoms with Crippen LogP contribution in [0, 0.1) is 51.2 Å². The smallest absolute Gasteiger partial charge is 0.410 e. The van der Waals surface area contributed by atoms with Crippen molar-refractivity contribution < 1.29 is 39.1 Å². The third-order valence-electron chi connectivity index (χ3n) is 15.4. The Morgan fingerprint density at radius 3 is 2.35 bits per heavy atom. The number of likely N-dealkylation sites (tertiary alicyclic amines) is 1. The van der Waals surface area contributed by atoms with Crippen LogP contribution in [0.4, 0.5) is 4.79 Å². The van der Waals surface area contributed by atoms with Crippen LogP contribution in [0.3, 0.4) is 0 Å². The van der Waals surface area contributed by atoms with Gasteiger partial charge in [-0.25, -0.2) is 4.79 Å². The molecule has 7 fully saturated rings. The highest BCUT2D eigenvalue weighted by Gasteiger charge is 2.85. The van der Waals surface area contributed by atoms with Crippen molar-refractivity contribution in [3.8, 4) is 0 Å². The van der Waals surface area contributed by atoms with Crippen LogP contribution in [0.2, 0.25) is 0 Å². The summed E-state index contributed by atoms with van der Waals surface area (Å²) in [5.41, 5.74) is 5.59. The minimum Gasteiger partial charge on any atom is -0.481 e. The van der Waals surface area contributed by atoms with Gasteiger partial charge >= 0.3 is 12.1 Å². The minimum atomic E-state index is -1.08. The van der Waals surface area contributed by atoms with Crippen molar-refractivity contribution >= 4 is 12.1 Å². The normalized spacial score (nSPS) is 49.7. The first kappa shape index (κ1) is 33.1. The number of hydrogen-bond acceptors (Lipinski definition) is 8. The molecular weight excluding hydrogens is 588 g/mol. The third-order valence-corrected chi connectivity index (χ3v) is 15.4. The zero-order valence-electron chi connectivity index (χ0n) is 29.0. The molecule has 0 aromatic carbocycles. The predicted octanol–water partition coefficient (Wildman–Crippen LogP) is 4.19. The molecular formula is C36H58N2O8.